The second-order valence-electron chi connectivity index (χ2n) is 3.63. The molecule has 1 heterocycles. The normalized spacial score (nSPS) is 10.2. The molecule has 0 aliphatic carbocycles. The van der Waals surface area contributed by atoms with E-state index in [1.165, 1.54) is 18.2 Å². The van der Waals surface area contributed by atoms with Crippen LogP contribution in [0.1, 0.15) is 16.2 Å². The van der Waals surface area contributed by atoms with Gasteiger partial charge in [-0.3, -0.25) is 20.2 Å². The number of nitrogens with zero attached hydrogens (tertiary/aromatic N) is 3. The highest BCUT2D eigenvalue weighted by Gasteiger charge is 2.15. The number of benzene rings is 1. The van der Waals surface area contributed by atoms with Crippen molar-refractivity contribution in [3.05, 3.63) is 39.7 Å². The van der Waals surface area contributed by atoms with E-state index < -0.39 is 10.8 Å². The van der Waals surface area contributed by atoms with Gasteiger partial charge in [0, 0.05) is 23.2 Å². The molecule has 0 unspecified atom stereocenters. The number of rotatable bonds is 3. The lowest BCUT2D eigenvalue weighted by molar-refractivity contribution is -0.383. The summed E-state index contributed by atoms with van der Waals surface area (Å²) in [6.45, 7) is 1.70. The van der Waals surface area contributed by atoms with E-state index in [-0.39, 0.29) is 16.9 Å². The van der Waals surface area contributed by atoms with Crippen LogP contribution in [-0.4, -0.2) is 20.2 Å². The number of hydrogen-bond donors (Lipinski definition) is 2. The molecule has 9 heteroatoms. The summed E-state index contributed by atoms with van der Waals surface area (Å²) in [6, 6.07) is 3.77. The zero-order valence-electron chi connectivity index (χ0n) is 9.78. The number of nitro groups is 1. The molecule has 0 bridgehead atoms. The number of amides is 1. The van der Waals surface area contributed by atoms with Gasteiger partial charge in [0.25, 0.3) is 11.6 Å². The Hall–Kier alpha value is -2.55. The van der Waals surface area contributed by atoms with Crippen molar-refractivity contribution in [1.29, 1.82) is 0 Å². The van der Waals surface area contributed by atoms with E-state index >= 15 is 0 Å². The van der Waals surface area contributed by atoms with Crippen molar-refractivity contribution in [3.8, 4) is 0 Å². The molecule has 0 aliphatic heterocycles. The third kappa shape index (κ3) is 2.83. The van der Waals surface area contributed by atoms with Crippen LogP contribution in [0.5, 0.6) is 0 Å². The van der Waals surface area contributed by atoms with Gasteiger partial charge in [0.15, 0.2) is 0 Å². The summed E-state index contributed by atoms with van der Waals surface area (Å²) in [5, 5.41) is 13.5. The fraction of sp³-hybridized carbons (Fsp3) is 0.100. The molecule has 0 fully saturated rings. The number of hydrogen-bond acceptors (Lipinski definition) is 7. The molecule has 0 aliphatic rings. The Morgan fingerprint density at radius 3 is 2.79 bits per heavy atom. The summed E-state index contributed by atoms with van der Waals surface area (Å²) in [7, 11) is 0. The summed E-state index contributed by atoms with van der Waals surface area (Å²) in [5.74, 6) is 0.112. The molecule has 0 spiro atoms. The van der Waals surface area contributed by atoms with Gasteiger partial charge in [-0.2, -0.15) is 4.37 Å². The molecular formula is C10H9N5O3S. The van der Waals surface area contributed by atoms with Crippen LogP contribution in [0.4, 0.5) is 16.5 Å². The number of anilines is 2. The van der Waals surface area contributed by atoms with Gasteiger partial charge >= 0.3 is 0 Å². The van der Waals surface area contributed by atoms with Gasteiger partial charge in [-0.25, -0.2) is 4.98 Å². The smallest absolute Gasteiger partial charge is 0.292 e. The lowest BCUT2D eigenvalue weighted by atomic mass is 10.1. The van der Waals surface area contributed by atoms with Gasteiger partial charge in [-0.15, -0.1) is 0 Å². The Balaban J connectivity index is 2.20. The van der Waals surface area contributed by atoms with Crippen LogP contribution in [0.25, 0.3) is 0 Å². The standard InChI is InChI=1S/C10H9N5O3S/c1-5-12-10(19-14-5)13-9(16)6-2-3-8(15(17)18)7(11)4-6/h2-4H,11H2,1H3,(H,12,13,14,16). The molecule has 1 aromatic heterocycles. The summed E-state index contributed by atoms with van der Waals surface area (Å²) in [6.07, 6.45) is 0. The highest BCUT2D eigenvalue weighted by molar-refractivity contribution is 7.09. The van der Waals surface area contributed by atoms with Crippen molar-refractivity contribution in [3.63, 3.8) is 0 Å². The van der Waals surface area contributed by atoms with Crippen molar-refractivity contribution >= 4 is 33.9 Å². The van der Waals surface area contributed by atoms with Crippen LogP contribution in [0.3, 0.4) is 0 Å². The van der Waals surface area contributed by atoms with Gasteiger partial charge in [0.05, 0.1) is 4.92 Å². The fourth-order valence-electron chi connectivity index (χ4n) is 1.38. The average Bonchev–Trinajstić information content (AvgIpc) is 2.74. The van der Waals surface area contributed by atoms with Gasteiger partial charge in [0.2, 0.25) is 5.13 Å². The van der Waals surface area contributed by atoms with Crippen LogP contribution in [-0.2, 0) is 0 Å². The number of carbonyl (C=O) groups is 1. The van der Waals surface area contributed by atoms with Crippen LogP contribution in [0.15, 0.2) is 18.2 Å². The zero-order chi connectivity index (χ0) is 14.0. The van der Waals surface area contributed by atoms with Crippen LogP contribution in [0, 0.1) is 17.0 Å². The van der Waals surface area contributed by atoms with E-state index in [0.29, 0.717) is 11.0 Å². The summed E-state index contributed by atoms with van der Waals surface area (Å²) >= 11 is 1.05. The predicted octanol–water partition coefficient (Wildman–Crippen LogP) is 1.59. The Morgan fingerprint density at radius 1 is 1.53 bits per heavy atom. The molecule has 3 N–H and O–H groups in total. The molecule has 0 radical (unpaired) electrons. The number of nitrogens with one attached hydrogen (secondary N) is 1. The maximum atomic E-state index is 11.9. The molecular weight excluding hydrogens is 270 g/mol. The molecule has 2 aromatic rings. The molecule has 2 rings (SSSR count). The SMILES string of the molecule is Cc1nsc(NC(=O)c2ccc([N+](=O)[O-])c(N)c2)n1. The fourth-order valence-corrected chi connectivity index (χ4v) is 1.95. The quantitative estimate of drug-likeness (QED) is 0.499. The topological polar surface area (TPSA) is 124 Å². The number of aromatic nitrogens is 2. The Morgan fingerprint density at radius 2 is 2.26 bits per heavy atom. The van der Waals surface area contributed by atoms with Crippen molar-refractivity contribution in [1.82, 2.24) is 9.36 Å². The number of aryl methyl sites for hydroxylation is 1. The van der Waals surface area contributed by atoms with E-state index in [9.17, 15) is 14.9 Å². The zero-order valence-corrected chi connectivity index (χ0v) is 10.6. The van der Waals surface area contributed by atoms with Crippen LogP contribution in [0.2, 0.25) is 0 Å². The van der Waals surface area contributed by atoms with Gasteiger partial charge < -0.3 is 5.73 Å². The third-order valence-corrected chi connectivity index (χ3v) is 2.96. The molecule has 0 atom stereocenters. The summed E-state index contributed by atoms with van der Waals surface area (Å²) in [4.78, 5) is 25.8. The predicted molar refractivity (Wildman–Crippen MR) is 70.1 cm³/mol. The lowest BCUT2D eigenvalue weighted by Crippen LogP contribution is -2.12. The Kier molecular flexibility index (Phi) is 3.38. The molecule has 19 heavy (non-hydrogen) atoms. The number of carbonyl (C=O) groups excluding carboxylic acids is 1. The summed E-state index contributed by atoms with van der Waals surface area (Å²) < 4.78 is 3.92. The maximum absolute atomic E-state index is 11.9. The largest absolute Gasteiger partial charge is 0.393 e. The second kappa shape index (κ2) is 4.98. The molecule has 1 amide bonds. The molecule has 1 aromatic carbocycles. The van der Waals surface area contributed by atoms with Gasteiger partial charge in [-0.05, 0) is 19.1 Å². The van der Waals surface area contributed by atoms with E-state index in [1.54, 1.807) is 6.92 Å². The average molecular weight is 279 g/mol. The van der Waals surface area contributed by atoms with E-state index in [1.807, 2.05) is 0 Å². The lowest BCUT2D eigenvalue weighted by Gasteiger charge is -2.02. The van der Waals surface area contributed by atoms with E-state index in [2.05, 4.69) is 14.7 Å². The third-order valence-electron chi connectivity index (χ3n) is 2.23. The number of nitro benzene ring substituents is 1. The first-order chi connectivity index (χ1) is 8.97. The number of nitrogen functional groups attached to an aromatic ring is 1. The van der Waals surface area contributed by atoms with Gasteiger partial charge in [0.1, 0.15) is 11.5 Å². The van der Waals surface area contributed by atoms with Crippen molar-refractivity contribution < 1.29 is 9.72 Å². The molecule has 0 saturated heterocycles. The first-order valence-electron chi connectivity index (χ1n) is 5.13. The van der Waals surface area contributed by atoms with Crippen LogP contribution >= 0.6 is 11.5 Å². The molecule has 98 valence electrons. The minimum absolute atomic E-state index is 0.0638. The Bertz CT molecular complexity index is 654. The van der Waals surface area contributed by atoms with Gasteiger partial charge in [-0.1, -0.05) is 0 Å². The first-order valence-corrected chi connectivity index (χ1v) is 5.90. The molecule has 8 nitrogen and oxygen atoms in total. The van der Waals surface area contributed by atoms with Crippen molar-refractivity contribution in [2.75, 3.05) is 11.1 Å². The summed E-state index contributed by atoms with van der Waals surface area (Å²) in [5.41, 5.74) is 5.43. The molecule has 0 saturated carbocycles. The highest BCUT2D eigenvalue weighted by Crippen LogP contribution is 2.22. The van der Waals surface area contributed by atoms with Crippen molar-refractivity contribution in [2.24, 2.45) is 0 Å². The highest BCUT2D eigenvalue weighted by atomic mass is 32.1. The van der Waals surface area contributed by atoms with Crippen LogP contribution < -0.4 is 11.1 Å². The minimum Gasteiger partial charge on any atom is -0.393 e. The van der Waals surface area contributed by atoms with Crippen molar-refractivity contribution in [2.45, 2.75) is 6.92 Å². The monoisotopic (exact) mass is 279 g/mol. The first kappa shape index (κ1) is 12.9. The van der Waals surface area contributed by atoms with E-state index in [4.69, 9.17) is 5.73 Å². The maximum Gasteiger partial charge on any atom is 0.292 e. The number of nitrogens with two attached hydrogens (primary N) is 1. The minimum atomic E-state index is -0.606. The Labute approximate surface area is 111 Å². The van der Waals surface area contributed by atoms with E-state index in [0.717, 1.165) is 11.5 Å². The second-order valence-corrected chi connectivity index (χ2v) is 4.38.